The number of aromatic nitrogens is 1. The Bertz CT molecular complexity index is 808. The number of thiazole rings is 1. The van der Waals surface area contributed by atoms with Gasteiger partial charge in [0.15, 0.2) is 0 Å². The van der Waals surface area contributed by atoms with Crippen LogP contribution >= 0.6 is 22.7 Å². The van der Waals surface area contributed by atoms with Gasteiger partial charge in [0.2, 0.25) is 0 Å². The van der Waals surface area contributed by atoms with E-state index in [1.54, 1.807) is 17.6 Å². The highest BCUT2D eigenvalue weighted by atomic mass is 32.1. The summed E-state index contributed by atoms with van der Waals surface area (Å²) in [5.74, 6) is -0.216. The van der Waals surface area contributed by atoms with Gasteiger partial charge in [-0.1, -0.05) is 36.4 Å². The smallest absolute Gasteiger partial charge is 0.266 e. The second kappa shape index (κ2) is 7.30. The van der Waals surface area contributed by atoms with E-state index in [2.05, 4.69) is 27.6 Å². The van der Waals surface area contributed by atoms with E-state index in [-0.39, 0.29) is 5.91 Å². The molecule has 0 spiro atoms. The van der Waals surface area contributed by atoms with E-state index in [4.69, 9.17) is 0 Å². The molecule has 3 aromatic rings. The molecule has 23 heavy (non-hydrogen) atoms. The molecule has 6 heteroatoms. The maximum atomic E-state index is 12.2. The fraction of sp³-hybridized carbons (Fsp3) is 0.118. The first-order valence-corrected chi connectivity index (χ1v) is 8.79. The van der Waals surface area contributed by atoms with E-state index in [9.17, 15) is 4.79 Å². The molecule has 0 aliphatic rings. The van der Waals surface area contributed by atoms with Gasteiger partial charge in [0.1, 0.15) is 4.88 Å². The van der Waals surface area contributed by atoms with Crippen molar-refractivity contribution in [3.8, 4) is 0 Å². The molecule has 2 aromatic heterocycles. The summed E-state index contributed by atoms with van der Waals surface area (Å²) in [6, 6.07) is 14.0. The van der Waals surface area contributed by atoms with Crippen LogP contribution < -0.4 is 5.43 Å². The van der Waals surface area contributed by atoms with Crippen molar-refractivity contribution in [3.05, 3.63) is 73.9 Å². The molecule has 2 heterocycles. The Morgan fingerprint density at radius 2 is 2.09 bits per heavy atom. The Morgan fingerprint density at radius 1 is 1.26 bits per heavy atom. The molecule has 0 saturated heterocycles. The predicted molar refractivity (Wildman–Crippen MR) is 95.5 cm³/mol. The lowest BCUT2D eigenvalue weighted by molar-refractivity contribution is 0.0958. The number of benzene rings is 1. The summed E-state index contributed by atoms with van der Waals surface area (Å²) in [6.07, 6.45) is 2.38. The van der Waals surface area contributed by atoms with Crippen LogP contribution in [0.3, 0.4) is 0 Å². The van der Waals surface area contributed by atoms with Gasteiger partial charge < -0.3 is 0 Å². The van der Waals surface area contributed by atoms with Crippen molar-refractivity contribution >= 4 is 34.8 Å². The van der Waals surface area contributed by atoms with Crippen molar-refractivity contribution in [2.45, 2.75) is 13.3 Å². The third-order valence-corrected chi connectivity index (χ3v) is 5.11. The van der Waals surface area contributed by atoms with Gasteiger partial charge >= 0.3 is 0 Å². The van der Waals surface area contributed by atoms with Gasteiger partial charge in [-0.25, -0.2) is 10.4 Å². The highest BCUT2D eigenvalue weighted by molar-refractivity contribution is 7.13. The zero-order valence-corrected chi connectivity index (χ0v) is 14.2. The van der Waals surface area contributed by atoms with Gasteiger partial charge in [-0.2, -0.15) is 5.10 Å². The second-order valence-corrected chi connectivity index (χ2v) is 6.96. The molecule has 0 bridgehead atoms. The van der Waals surface area contributed by atoms with Crippen LogP contribution in [0, 0.1) is 6.92 Å². The zero-order valence-electron chi connectivity index (χ0n) is 12.5. The number of aryl methyl sites for hydroxylation is 1. The number of amides is 1. The second-order valence-electron chi connectivity index (χ2n) is 4.90. The highest BCUT2D eigenvalue weighted by Crippen LogP contribution is 2.20. The molecule has 0 radical (unpaired) electrons. The minimum atomic E-state index is -0.216. The molecule has 3 rings (SSSR count). The van der Waals surface area contributed by atoms with Crippen LogP contribution in [0.15, 0.2) is 52.9 Å². The first-order valence-electron chi connectivity index (χ1n) is 7.09. The van der Waals surface area contributed by atoms with Crippen LogP contribution in [-0.2, 0) is 6.42 Å². The van der Waals surface area contributed by atoms with Crippen molar-refractivity contribution in [1.29, 1.82) is 0 Å². The number of carbonyl (C=O) groups is 1. The number of hydrogen-bond acceptors (Lipinski definition) is 5. The monoisotopic (exact) mass is 341 g/mol. The van der Waals surface area contributed by atoms with E-state index < -0.39 is 0 Å². The molecule has 4 nitrogen and oxygen atoms in total. The third kappa shape index (κ3) is 4.12. The average molecular weight is 341 g/mol. The number of rotatable bonds is 5. The molecule has 1 aromatic carbocycles. The number of nitrogens with zero attached hydrogens (tertiary/aromatic N) is 2. The molecule has 0 atom stereocenters. The van der Waals surface area contributed by atoms with E-state index in [1.807, 2.05) is 42.6 Å². The Balaban J connectivity index is 1.66. The van der Waals surface area contributed by atoms with Crippen LogP contribution in [0.25, 0.3) is 0 Å². The summed E-state index contributed by atoms with van der Waals surface area (Å²) >= 11 is 2.98. The van der Waals surface area contributed by atoms with Crippen molar-refractivity contribution in [2.24, 2.45) is 5.10 Å². The quantitative estimate of drug-likeness (QED) is 0.566. The maximum absolute atomic E-state index is 12.2. The van der Waals surface area contributed by atoms with Crippen LogP contribution in [0.1, 0.15) is 30.8 Å². The largest absolute Gasteiger partial charge is 0.283 e. The van der Waals surface area contributed by atoms with Gasteiger partial charge in [-0.15, -0.1) is 22.7 Å². The SMILES string of the molecule is Cc1nc(Cc2ccccc2)sc1C(=O)N/N=C\c1cccs1. The Labute approximate surface area is 142 Å². The first-order chi connectivity index (χ1) is 11.2. The molecule has 1 N–H and O–H groups in total. The average Bonchev–Trinajstić information content (AvgIpc) is 3.18. The number of nitrogens with one attached hydrogen (secondary N) is 1. The Hall–Kier alpha value is -2.31. The lowest BCUT2D eigenvalue weighted by Gasteiger charge is -1.96. The van der Waals surface area contributed by atoms with Crippen LogP contribution in [-0.4, -0.2) is 17.1 Å². The van der Waals surface area contributed by atoms with Gasteiger partial charge in [0.25, 0.3) is 5.91 Å². The number of hydrazone groups is 1. The molecule has 0 fully saturated rings. The lowest BCUT2D eigenvalue weighted by atomic mass is 10.2. The molecule has 0 aliphatic heterocycles. The number of hydrogen-bond donors (Lipinski definition) is 1. The molecule has 0 aliphatic carbocycles. The Kier molecular flexibility index (Phi) is 4.95. The van der Waals surface area contributed by atoms with E-state index >= 15 is 0 Å². The van der Waals surface area contributed by atoms with Gasteiger partial charge in [0.05, 0.1) is 16.9 Å². The molecule has 0 saturated carbocycles. The Morgan fingerprint density at radius 3 is 2.83 bits per heavy atom. The van der Waals surface area contributed by atoms with E-state index in [1.165, 1.54) is 16.9 Å². The van der Waals surface area contributed by atoms with Crippen molar-refractivity contribution in [3.63, 3.8) is 0 Å². The predicted octanol–water partition coefficient (Wildman–Crippen LogP) is 3.87. The summed E-state index contributed by atoms with van der Waals surface area (Å²) in [7, 11) is 0. The third-order valence-electron chi connectivity index (χ3n) is 3.15. The maximum Gasteiger partial charge on any atom is 0.283 e. The summed E-state index contributed by atoms with van der Waals surface area (Å²) in [5.41, 5.74) is 4.49. The molecular formula is C17H15N3OS2. The normalized spacial score (nSPS) is 11.0. The zero-order chi connectivity index (χ0) is 16.1. The summed E-state index contributed by atoms with van der Waals surface area (Å²) < 4.78 is 0. The topological polar surface area (TPSA) is 54.4 Å². The minimum Gasteiger partial charge on any atom is -0.266 e. The fourth-order valence-electron chi connectivity index (χ4n) is 2.08. The van der Waals surface area contributed by atoms with Crippen molar-refractivity contribution < 1.29 is 4.79 Å². The fourth-order valence-corrected chi connectivity index (χ4v) is 3.65. The minimum absolute atomic E-state index is 0.216. The standard InChI is InChI=1S/C17H15N3OS2/c1-12-16(17(21)20-18-11-14-8-5-9-22-14)23-15(19-12)10-13-6-3-2-4-7-13/h2-9,11H,10H2,1H3,(H,20,21)/b18-11-. The number of carbonyl (C=O) groups excluding carboxylic acids is 1. The van der Waals surface area contributed by atoms with Crippen LogP contribution in [0.5, 0.6) is 0 Å². The number of thiophene rings is 1. The summed E-state index contributed by atoms with van der Waals surface area (Å²) in [5, 5.41) is 6.89. The van der Waals surface area contributed by atoms with Gasteiger partial charge in [-0.05, 0) is 23.9 Å². The van der Waals surface area contributed by atoms with Crippen molar-refractivity contribution in [1.82, 2.24) is 10.4 Å². The first kappa shape index (κ1) is 15.6. The molecule has 1 amide bonds. The summed E-state index contributed by atoms with van der Waals surface area (Å²) in [4.78, 5) is 18.3. The highest BCUT2D eigenvalue weighted by Gasteiger charge is 2.15. The van der Waals surface area contributed by atoms with E-state index in [0.29, 0.717) is 4.88 Å². The van der Waals surface area contributed by atoms with E-state index in [0.717, 1.165) is 22.0 Å². The molecule has 116 valence electrons. The van der Waals surface area contributed by atoms with Crippen LogP contribution in [0.4, 0.5) is 0 Å². The van der Waals surface area contributed by atoms with Crippen LogP contribution in [0.2, 0.25) is 0 Å². The lowest BCUT2D eigenvalue weighted by Crippen LogP contribution is -2.17. The molecule has 0 unspecified atom stereocenters. The van der Waals surface area contributed by atoms with Gasteiger partial charge in [0, 0.05) is 11.3 Å². The van der Waals surface area contributed by atoms with Gasteiger partial charge in [-0.3, -0.25) is 4.79 Å². The molecular weight excluding hydrogens is 326 g/mol. The summed E-state index contributed by atoms with van der Waals surface area (Å²) in [6.45, 7) is 1.85. The van der Waals surface area contributed by atoms with Crippen molar-refractivity contribution in [2.75, 3.05) is 0 Å².